The summed E-state index contributed by atoms with van der Waals surface area (Å²) < 4.78 is 20.0. The smallest absolute Gasteiger partial charge is 0.310 e. The summed E-state index contributed by atoms with van der Waals surface area (Å²) in [7, 11) is 0. The van der Waals surface area contributed by atoms with Crippen LogP contribution in [-0.4, -0.2) is 27.8 Å². The zero-order valence-electron chi connectivity index (χ0n) is 16.4. The van der Waals surface area contributed by atoms with Gasteiger partial charge in [0.1, 0.15) is 5.82 Å². The lowest BCUT2D eigenvalue weighted by Gasteiger charge is -2.10. The first-order valence-corrected chi connectivity index (χ1v) is 9.14. The molecule has 0 saturated heterocycles. The van der Waals surface area contributed by atoms with Crippen LogP contribution in [0, 0.1) is 29.8 Å². The lowest BCUT2D eigenvalue weighted by Crippen LogP contribution is -2.16. The summed E-state index contributed by atoms with van der Waals surface area (Å²) in [6.07, 6.45) is -0.307. The van der Waals surface area contributed by atoms with Gasteiger partial charge in [-0.05, 0) is 44.2 Å². The number of nitro benzene ring substituents is 1. The molecule has 0 bridgehead atoms. The van der Waals surface area contributed by atoms with E-state index in [-0.39, 0.29) is 23.5 Å². The van der Waals surface area contributed by atoms with E-state index in [1.807, 2.05) is 11.5 Å². The molecular formula is C22H19FN2O5. The van der Waals surface area contributed by atoms with Crippen molar-refractivity contribution in [1.29, 1.82) is 0 Å². The molecule has 0 unspecified atom stereocenters. The Hall–Kier alpha value is -3.81. The highest BCUT2D eigenvalue weighted by atomic mass is 19.1. The average molecular weight is 410 g/mol. The first kappa shape index (κ1) is 20.9. The fourth-order valence-electron chi connectivity index (χ4n) is 3.30. The maximum atomic E-state index is 13.2. The van der Waals surface area contributed by atoms with Crippen LogP contribution in [0.2, 0.25) is 0 Å². The molecule has 8 heteroatoms. The third kappa shape index (κ3) is 4.43. The molecule has 154 valence electrons. The topological polar surface area (TPSA) is 91.4 Å². The molecule has 1 heterocycles. The van der Waals surface area contributed by atoms with Crippen LogP contribution in [0.4, 0.5) is 10.1 Å². The minimum Gasteiger partial charge on any atom is -0.457 e. The minimum atomic E-state index is -0.731. The summed E-state index contributed by atoms with van der Waals surface area (Å²) in [4.78, 5) is 35.2. The monoisotopic (exact) mass is 410 g/mol. The Morgan fingerprint density at radius 3 is 2.43 bits per heavy atom. The van der Waals surface area contributed by atoms with Crippen LogP contribution in [0.5, 0.6) is 0 Å². The van der Waals surface area contributed by atoms with Crippen LogP contribution in [0.3, 0.4) is 0 Å². The van der Waals surface area contributed by atoms with Crippen molar-refractivity contribution in [2.24, 2.45) is 0 Å². The Morgan fingerprint density at radius 1 is 1.10 bits per heavy atom. The lowest BCUT2D eigenvalue weighted by molar-refractivity contribution is -0.385. The van der Waals surface area contributed by atoms with E-state index in [4.69, 9.17) is 4.74 Å². The number of hydrogen-bond acceptors (Lipinski definition) is 5. The molecule has 0 spiro atoms. The van der Waals surface area contributed by atoms with Crippen molar-refractivity contribution >= 4 is 17.4 Å². The fraction of sp³-hybridized carbons (Fsp3) is 0.182. The number of aryl methyl sites for hydroxylation is 1. The van der Waals surface area contributed by atoms with Gasteiger partial charge in [-0.15, -0.1) is 0 Å². The number of carbonyl (C=O) groups is 2. The molecule has 1 aromatic heterocycles. The van der Waals surface area contributed by atoms with Crippen molar-refractivity contribution in [3.63, 3.8) is 0 Å². The number of aromatic nitrogens is 1. The van der Waals surface area contributed by atoms with E-state index in [2.05, 4.69) is 0 Å². The highest BCUT2D eigenvalue weighted by Crippen LogP contribution is 2.22. The van der Waals surface area contributed by atoms with E-state index < -0.39 is 23.3 Å². The summed E-state index contributed by atoms with van der Waals surface area (Å²) in [6.45, 7) is 3.08. The van der Waals surface area contributed by atoms with Gasteiger partial charge in [-0.1, -0.05) is 18.2 Å². The van der Waals surface area contributed by atoms with Gasteiger partial charge in [0.2, 0.25) is 5.78 Å². The molecule has 0 aliphatic carbocycles. The van der Waals surface area contributed by atoms with E-state index in [0.29, 0.717) is 16.9 Å². The molecule has 0 N–H and O–H groups in total. The summed E-state index contributed by atoms with van der Waals surface area (Å²) >= 11 is 0. The van der Waals surface area contributed by atoms with Crippen LogP contribution in [0.1, 0.15) is 27.3 Å². The van der Waals surface area contributed by atoms with Crippen molar-refractivity contribution in [2.75, 3.05) is 6.61 Å². The van der Waals surface area contributed by atoms with Gasteiger partial charge in [0.05, 0.1) is 11.3 Å². The molecule has 3 rings (SSSR count). The van der Waals surface area contributed by atoms with E-state index in [1.165, 1.54) is 30.3 Å². The highest BCUT2D eigenvalue weighted by Gasteiger charge is 2.20. The SMILES string of the molecule is Cc1cc(C(=O)COC(=O)Cc2ccccc2[N+](=O)[O-])c(C)n1-c1ccc(F)cc1. The van der Waals surface area contributed by atoms with Gasteiger partial charge in [-0.3, -0.25) is 19.7 Å². The van der Waals surface area contributed by atoms with Gasteiger partial charge in [0.25, 0.3) is 5.69 Å². The number of rotatable bonds is 7. The quantitative estimate of drug-likeness (QED) is 0.253. The number of nitrogens with zero attached hydrogens (tertiary/aromatic N) is 2. The number of esters is 1. The Kier molecular flexibility index (Phi) is 6.06. The van der Waals surface area contributed by atoms with Crippen molar-refractivity contribution < 1.29 is 23.6 Å². The molecule has 7 nitrogen and oxygen atoms in total. The number of benzene rings is 2. The van der Waals surface area contributed by atoms with Crippen molar-refractivity contribution in [1.82, 2.24) is 4.57 Å². The second kappa shape index (κ2) is 8.69. The standard InChI is InChI=1S/C22H19FN2O5/c1-14-11-19(15(2)24(14)18-9-7-17(23)8-10-18)21(26)13-30-22(27)12-16-5-3-4-6-20(16)25(28)29/h3-11H,12-13H2,1-2H3. The van der Waals surface area contributed by atoms with Crippen LogP contribution in [0.25, 0.3) is 5.69 Å². The lowest BCUT2D eigenvalue weighted by atomic mass is 10.1. The van der Waals surface area contributed by atoms with Crippen LogP contribution in [-0.2, 0) is 16.0 Å². The molecule has 0 saturated carbocycles. The van der Waals surface area contributed by atoms with Gasteiger partial charge in [-0.25, -0.2) is 4.39 Å². The fourth-order valence-corrected chi connectivity index (χ4v) is 3.30. The normalized spacial score (nSPS) is 10.6. The maximum absolute atomic E-state index is 13.2. The van der Waals surface area contributed by atoms with Gasteiger partial charge >= 0.3 is 5.97 Å². The van der Waals surface area contributed by atoms with Gasteiger partial charge in [0.15, 0.2) is 6.61 Å². The number of ether oxygens (including phenoxy) is 1. The first-order valence-electron chi connectivity index (χ1n) is 9.14. The molecule has 0 amide bonds. The third-order valence-electron chi connectivity index (χ3n) is 4.70. The number of carbonyl (C=O) groups excluding carboxylic acids is 2. The molecule has 2 aromatic carbocycles. The van der Waals surface area contributed by atoms with Crippen molar-refractivity contribution in [3.05, 3.63) is 93.0 Å². The van der Waals surface area contributed by atoms with E-state index in [0.717, 1.165) is 5.69 Å². The minimum absolute atomic E-state index is 0.177. The summed E-state index contributed by atoms with van der Waals surface area (Å²) in [6, 6.07) is 13.4. The van der Waals surface area contributed by atoms with E-state index in [9.17, 15) is 24.1 Å². The molecule has 0 atom stereocenters. The zero-order chi connectivity index (χ0) is 21.8. The number of nitro groups is 1. The second-order valence-electron chi connectivity index (χ2n) is 6.74. The van der Waals surface area contributed by atoms with E-state index >= 15 is 0 Å². The van der Waals surface area contributed by atoms with Gasteiger partial charge in [-0.2, -0.15) is 0 Å². The first-order chi connectivity index (χ1) is 14.3. The van der Waals surface area contributed by atoms with Gasteiger partial charge in [0, 0.05) is 34.3 Å². The van der Waals surface area contributed by atoms with Crippen LogP contribution < -0.4 is 0 Å². The number of ketones is 1. The zero-order valence-corrected chi connectivity index (χ0v) is 16.4. The Balaban J connectivity index is 1.70. The Bertz CT molecular complexity index is 1120. The summed E-state index contributed by atoms with van der Waals surface area (Å²) in [5, 5.41) is 11.0. The molecule has 3 aromatic rings. The third-order valence-corrected chi connectivity index (χ3v) is 4.70. The number of hydrogen-bond donors (Lipinski definition) is 0. The Morgan fingerprint density at radius 2 is 1.77 bits per heavy atom. The highest BCUT2D eigenvalue weighted by molar-refractivity contribution is 5.99. The van der Waals surface area contributed by atoms with Crippen molar-refractivity contribution in [2.45, 2.75) is 20.3 Å². The van der Waals surface area contributed by atoms with E-state index in [1.54, 1.807) is 31.2 Å². The van der Waals surface area contributed by atoms with Crippen LogP contribution in [0.15, 0.2) is 54.6 Å². The molecule has 0 aliphatic rings. The predicted octanol–water partition coefficient (Wildman–Crippen LogP) is 4.11. The Labute approximate surface area is 171 Å². The number of halogens is 1. The van der Waals surface area contributed by atoms with Gasteiger partial charge < -0.3 is 9.30 Å². The maximum Gasteiger partial charge on any atom is 0.310 e. The largest absolute Gasteiger partial charge is 0.457 e. The van der Waals surface area contributed by atoms with Crippen LogP contribution >= 0.6 is 0 Å². The van der Waals surface area contributed by atoms with Crippen molar-refractivity contribution in [3.8, 4) is 5.69 Å². The molecule has 30 heavy (non-hydrogen) atoms. The second-order valence-corrected chi connectivity index (χ2v) is 6.74. The number of Topliss-reactive ketones (excluding diaryl/α,β-unsaturated/α-hetero) is 1. The summed E-state index contributed by atoms with van der Waals surface area (Å²) in [5.74, 6) is -1.49. The molecule has 0 aliphatic heterocycles. The summed E-state index contributed by atoms with van der Waals surface area (Å²) in [5.41, 5.74) is 2.54. The molecular weight excluding hydrogens is 391 g/mol. The predicted molar refractivity (Wildman–Crippen MR) is 107 cm³/mol. The average Bonchev–Trinajstić information content (AvgIpc) is 3.01. The molecule has 0 radical (unpaired) electrons. The number of para-hydroxylation sites is 1. The molecule has 0 fully saturated rings.